The van der Waals surface area contributed by atoms with Gasteiger partial charge in [-0.1, -0.05) is 31.0 Å². The molecule has 0 saturated carbocycles. The van der Waals surface area contributed by atoms with Crippen LogP contribution in [0.2, 0.25) is 0 Å². The summed E-state index contributed by atoms with van der Waals surface area (Å²) in [5.41, 5.74) is 4.09. The molecule has 1 unspecified atom stereocenters. The molecule has 2 radical (unpaired) electrons. The highest BCUT2D eigenvalue weighted by Crippen LogP contribution is 2.25. The fourth-order valence-electron chi connectivity index (χ4n) is 2.98. The second-order valence-corrected chi connectivity index (χ2v) is 7.37. The molecule has 0 aliphatic rings. The van der Waals surface area contributed by atoms with E-state index in [0.717, 1.165) is 41.3 Å². The Morgan fingerprint density at radius 2 is 2.11 bits per heavy atom. The highest BCUT2D eigenvalue weighted by molar-refractivity contribution is 8.19. The van der Waals surface area contributed by atoms with Gasteiger partial charge in [-0.05, 0) is 56.5 Å². The van der Waals surface area contributed by atoms with Crippen molar-refractivity contribution >= 4 is 41.4 Å². The summed E-state index contributed by atoms with van der Waals surface area (Å²) >= 11 is 0.947. The van der Waals surface area contributed by atoms with Gasteiger partial charge in [0.25, 0.3) is 5.91 Å². The average Bonchev–Trinajstić information content (AvgIpc) is 3.09. The van der Waals surface area contributed by atoms with Crippen molar-refractivity contribution < 1.29 is 13.9 Å². The van der Waals surface area contributed by atoms with Gasteiger partial charge in [-0.2, -0.15) is 0 Å². The molecule has 0 spiro atoms. The summed E-state index contributed by atoms with van der Waals surface area (Å²) in [4.78, 5) is 17.2. The number of benzene rings is 2. The maximum atomic E-state index is 12.9. The normalized spacial score (nSPS) is 12.1. The van der Waals surface area contributed by atoms with Gasteiger partial charge in [0.1, 0.15) is 11.3 Å². The number of rotatable bonds is 8. The summed E-state index contributed by atoms with van der Waals surface area (Å²) in [6.45, 7) is 6.12. The van der Waals surface area contributed by atoms with E-state index in [1.165, 1.54) is 0 Å². The first-order chi connectivity index (χ1) is 13.5. The van der Waals surface area contributed by atoms with Crippen LogP contribution in [0.15, 0.2) is 46.0 Å². The largest absolute Gasteiger partial charge is 0.480 e. The van der Waals surface area contributed by atoms with Crippen molar-refractivity contribution in [2.75, 3.05) is 5.32 Å². The maximum absolute atomic E-state index is 12.9. The summed E-state index contributed by atoms with van der Waals surface area (Å²) < 4.78 is 11.5. The molecule has 0 bridgehead atoms. The Balaban J connectivity index is 1.76. The Hall–Kier alpha value is -2.41. The number of aryl methyl sites for hydroxylation is 2. The van der Waals surface area contributed by atoms with E-state index in [-0.39, 0.29) is 5.91 Å². The molecule has 1 aromatic heterocycles. The third kappa shape index (κ3) is 4.90. The first-order valence-electron chi connectivity index (χ1n) is 9.32. The molecule has 144 valence electrons. The maximum Gasteiger partial charge on any atom is 0.265 e. The van der Waals surface area contributed by atoms with Crippen LogP contribution in [0.3, 0.4) is 0 Å². The molecule has 1 atom stereocenters. The zero-order valence-corrected chi connectivity index (χ0v) is 17.1. The number of anilines is 1. The van der Waals surface area contributed by atoms with Gasteiger partial charge in [-0.15, -0.1) is 11.6 Å². The molecule has 2 aromatic carbocycles. The minimum Gasteiger partial charge on any atom is -0.480 e. The molecule has 3 rings (SSSR count). The van der Waals surface area contributed by atoms with Gasteiger partial charge in [0.15, 0.2) is 18.8 Å². The topological polar surface area (TPSA) is 64.4 Å². The summed E-state index contributed by atoms with van der Waals surface area (Å²) in [7, 11) is 5.49. The fraction of sp³-hybridized carbons (Fsp3) is 0.333. The Morgan fingerprint density at radius 3 is 2.82 bits per heavy atom. The first-order valence-corrected chi connectivity index (χ1v) is 10.2. The zero-order chi connectivity index (χ0) is 20.1. The lowest BCUT2D eigenvalue weighted by molar-refractivity contribution is -0.123. The van der Waals surface area contributed by atoms with Gasteiger partial charge in [-0.25, -0.2) is 4.98 Å². The third-order valence-corrected chi connectivity index (χ3v) is 4.82. The number of nitrogens with one attached hydrogen (secondary N) is 1. The number of carbonyl (C=O) groups excluding carboxylic acids is 1. The molecule has 1 N–H and O–H groups in total. The number of amides is 1. The lowest BCUT2D eigenvalue weighted by atomic mass is 10.1. The summed E-state index contributed by atoms with van der Waals surface area (Å²) in [6.07, 6.45) is 1.98. The van der Waals surface area contributed by atoms with Gasteiger partial charge in [0.05, 0.1) is 0 Å². The number of oxazole rings is 1. The second kappa shape index (κ2) is 9.19. The molecule has 28 heavy (non-hydrogen) atoms. The van der Waals surface area contributed by atoms with Crippen molar-refractivity contribution in [2.45, 2.75) is 51.4 Å². The molecule has 3 aromatic rings. The van der Waals surface area contributed by atoms with Crippen LogP contribution in [0.4, 0.5) is 5.69 Å². The van der Waals surface area contributed by atoms with Crippen LogP contribution < -0.4 is 10.1 Å². The predicted octanol–water partition coefficient (Wildman–Crippen LogP) is 5.20. The zero-order valence-electron chi connectivity index (χ0n) is 16.3. The van der Waals surface area contributed by atoms with Crippen molar-refractivity contribution in [2.24, 2.45) is 0 Å². The van der Waals surface area contributed by atoms with E-state index in [2.05, 4.69) is 23.3 Å². The van der Waals surface area contributed by atoms with Crippen LogP contribution in [-0.2, 0) is 4.79 Å². The minimum atomic E-state index is -0.565. The molecule has 7 heteroatoms. The lowest BCUT2D eigenvalue weighted by Gasteiger charge is -2.20. The number of unbranched alkanes of at least 4 members (excludes halogenated alkanes) is 1. The van der Waals surface area contributed by atoms with E-state index >= 15 is 0 Å². The van der Waals surface area contributed by atoms with Crippen molar-refractivity contribution in [3.05, 3.63) is 47.5 Å². The second-order valence-electron chi connectivity index (χ2n) is 6.79. The smallest absolute Gasteiger partial charge is 0.265 e. The van der Waals surface area contributed by atoms with Gasteiger partial charge >= 0.3 is 0 Å². The molecule has 0 fully saturated rings. The van der Waals surface area contributed by atoms with Crippen molar-refractivity contribution in [3.63, 3.8) is 0 Å². The molecule has 5 nitrogen and oxygen atoms in total. The fourth-order valence-corrected chi connectivity index (χ4v) is 3.26. The van der Waals surface area contributed by atoms with Crippen LogP contribution in [0.1, 0.15) is 37.3 Å². The number of nitrogens with zero attached hydrogens (tertiary/aromatic N) is 1. The SMILES string of the molecule is [B]Sc1nc2cc(NC(=O)C(CCCC)Oc3ccc(C)cc3C)ccc2o1. The van der Waals surface area contributed by atoms with Crippen LogP contribution in [0.25, 0.3) is 11.1 Å². The van der Waals surface area contributed by atoms with Gasteiger partial charge in [0.2, 0.25) is 5.22 Å². The number of aromatic nitrogens is 1. The molecular weight excluding hydrogens is 371 g/mol. The highest BCUT2D eigenvalue weighted by atomic mass is 32.2. The molecule has 0 saturated heterocycles. The Kier molecular flexibility index (Phi) is 6.67. The Bertz CT molecular complexity index is 973. The van der Waals surface area contributed by atoms with Crippen molar-refractivity contribution in [1.82, 2.24) is 4.98 Å². The van der Waals surface area contributed by atoms with E-state index in [4.69, 9.17) is 16.3 Å². The standard InChI is InChI=1S/C21H23BN2O3S/c1-4-5-6-19(26-17-9-7-13(2)11-14(17)3)20(25)23-15-8-10-18-16(12-15)24-21(27-18)28-22/h7-12,19H,4-6H2,1-3H3,(H,23,25). The average molecular weight is 394 g/mol. The summed E-state index contributed by atoms with van der Waals surface area (Å²) in [5.74, 6) is 0.558. The van der Waals surface area contributed by atoms with E-state index in [9.17, 15) is 4.79 Å². The van der Waals surface area contributed by atoms with Gasteiger partial charge in [-0.3, -0.25) is 4.79 Å². The van der Waals surface area contributed by atoms with Crippen molar-refractivity contribution in [1.29, 1.82) is 0 Å². The predicted molar refractivity (Wildman–Crippen MR) is 114 cm³/mol. The quantitative estimate of drug-likeness (QED) is 0.533. The Labute approximate surface area is 170 Å². The van der Waals surface area contributed by atoms with E-state index < -0.39 is 6.10 Å². The monoisotopic (exact) mass is 394 g/mol. The van der Waals surface area contributed by atoms with Gasteiger partial charge in [0, 0.05) is 5.69 Å². The highest BCUT2D eigenvalue weighted by Gasteiger charge is 2.21. The molecule has 0 aliphatic heterocycles. The first kappa shape index (κ1) is 20.3. The van der Waals surface area contributed by atoms with Crippen LogP contribution in [0.5, 0.6) is 5.75 Å². The molecule has 1 heterocycles. The Morgan fingerprint density at radius 1 is 1.29 bits per heavy atom. The van der Waals surface area contributed by atoms with E-state index in [0.29, 0.717) is 28.4 Å². The molecular formula is C21H23BN2O3S. The van der Waals surface area contributed by atoms with Crippen LogP contribution >= 0.6 is 11.6 Å². The molecule has 1 amide bonds. The molecule has 0 aliphatic carbocycles. The van der Waals surface area contributed by atoms with E-state index in [1.807, 2.05) is 26.0 Å². The van der Waals surface area contributed by atoms with Crippen LogP contribution in [-0.4, -0.2) is 24.1 Å². The van der Waals surface area contributed by atoms with E-state index in [1.54, 1.807) is 18.2 Å². The lowest BCUT2D eigenvalue weighted by Crippen LogP contribution is -2.33. The number of carbonyl (C=O) groups is 1. The van der Waals surface area contributed by atoms with Crippen molar-refractivity contribution in [3.8, 4) is 5.75 Å². The van der Waals surface area contributed by atoms with Gasteiger partial charge < -0.3 is 14.5 Å². The van der Waals surface area contributed by atoms with Crippen LogP contribution in [0, 0.1) is 13.8 Å². The number of hydrogen-bond acceptors (Lipinski definition) is 5. The number of fused-ring (bicyclic) bond motifs is 1. The minimum absolute atomic E-state index is 0.176. The summed E-state index contributed by atoms with van der Waals surface area (Å²) in [5, 5.41) is 3.32. The number of ether oxygens (including phenoxy) is 1. The summed E-state index contributed by atoms with van der Waals surface area (Å²) in [6, 6.07) is 11.3. The third-order valence-electron chi connectivity index (χ3n) is 4.45. The number of hydrogen-bond donors (Lipinski definition) is 1.